The second-order valence-electron chi connectivity index (χ2n) is 3.83. The Kier molecular flexibility index (Phi) is 4.66. The Bertz CT molecular complexity index is 543. The molecule has 2 rings (SSSR count). The van der Waals surface area contributed by atoms with Gasteiger partial charge in [-0.25, -0.2) is 0 Å². The lowest BCUT2D eigenvalue weighted by molar-refractivity contribution is 0.415. The molecule has 0 bridgehead atoms. The predicted molar refractivity (Wildman–Crippen MR) is 82.2 cm³/mol. The molecule has 0 radical (unpaired) electrons. The highest BCUT2D eigenvalue weighted by molar-refractivity contribution is 9.13. The summed E-state index contributed by atoms with van der Waals surface area (Å²) in [6.07, 6.45) is 0. The van der Waals surface area contributed by atoms with Crippen LogP contribution in [0, 0.1) is 0 Å². The van der Waals surface area contributed by atoms with Crippen molar-refractivity contribution in [2.45, 2.75) is 6.54 Å². The van der Waals surface area contributed by atoms with E-state index >= 15 is 0 Å². The van der Waals surface area contributed by atoms with Crippen molar-refractivity contribution < 1.29 is 4.74 Å². The van der Waals surface area contributed by atoms with Crippen LogP contribution < -0.4 is 10.1 Å². The molecule has 0 atom stereocenters. The second kappa shape index (κ2) is 6.25. The van der Waals surface area contributed by atoms with Crippen molar-refractivity contribution in [2.24, 2.45) is 0 Å². The highest BCUT2D eigenvalue weighted by atomic mass is 79.9. The van der Waals surface area contributed by atoms with Gasteiger partial charge in [0.2, 0.25) is 0 Å². The molecule has 18 heavy (non-hydrogen) atoms. The molecule has 0 unspecified atom stereocenters. The van der Waals surface area contributed by atoms with Gasteiger partial charge in [0.25, 0.3) is 0 Å². The van der Waals surface area contributed by atoms with Gasteiger partial charge in [0.15, 0.2) is 0 Å². The highest BCUT2D eigenvalue weighted by Gasteiger charge is 1.99. The van der Waals surface area contributed by atoms with E-state index in [1.807, 2.05) is 30.3 Å². The van der Waals surface area contributed by atoms with Gasteiger partial charge in [0.1, 0.15) is 5.75 Å². The van der Waals surface area contributed by atoms with Crippen LogP contribution in [0.25, 0.3) is 0 Å². The smallest absolute Gasteiger partial charge is 0.120 e. The minimum Gasteiger partial charge on any atom is -0.497 e. The third-order valence-corrected chi connectivity index (χ3v) is 4.43. The molecule has 0 amide bonds. The summed E-state index contributed by atoms with van der Waals surface area (Å²) in [7, 11) is 1.67. The number of hydrogen-bond acceptors (Lipinski definition) is 2. The zero-order chi connectivity index (χ0) is 13.0. The van der Waals surface area contributed by atoms with Gasteiger partial charge < -0.3 is 10.1 Å². The Labute approximate surface area is 124 Å². The second-order valence-corrected chi connectivity index (χ2v) is 5.54. The molecule has 0 aliphatic rings. The van der Waals surface area contributed by atoms with E-state index in [1.54, 1.807) is 7.11 Å². The van der Waals surface area contributed by atoms with Crippen molar-refractivity contribution in [3.8, 4) is 5.75 Å². The van der Waals surface area contributed by atoms with Crippen LogP contribution in [0.2, 0.25) is 0 Å². The van der Waals surface area contributed by atoms with E-state index in [4.69, 9.17) is 4.74 Å². The summed E-state index contributed by atoms with van der Waals surface area (Å²) >= 11 is 6.96. The summed E-state index contributed by atoms with van der Waals surface area (Å²) < 4.78 is 7.31. The minimum atomic E-state index is 0.777. The van der Waals surface area contributed by atoms with Gasteiger partial charge in [-0.3, -0.25) is 0 Å². The number of ether oxygens (including phenoxy) is 1. The number of hydrogen-bond donors (Lipinski definition) is 1. The number of nitrogens with one attached hydrogen (secondary N) is 1. The molecular formula is C14H13Br2NO. The fourth-order valence-corrected chi connectivity index (χ4v) is 2.26. The standard InChI is InChI=1S/C14H13Br2NO/c1-18-12-4-2-3-11(8-12)17-9-10-5-6-13(15)14(16)7-10/h2-8,17H,9H2,1H3. The summed E-state index contributed by atoms with van der Waals surface area (Å²) in [4.78, 5) is 0. The molecule has 2 aromatic rings. The molecule has 1 N–H and O–H groups in total. The Morgan fingerprint density at radius 2 is 1.89 bits per heavy atom. The third-order valence-electron chi connectivity index (χ3n) is 2.55. The van der Waals surface area contributed by atoms with E-state index < -0.39 is 0 Å². The predicted octanol–water partition coefficient (Wildman–Crippen LogP) is 4.83. The molecule has 0 heterocycles. The maximum absolute atomic E-state index is 5.19. The van der Waals surface area contributed by atoms with Crippen LogP contribution in [0.5, 0.6) is 5.75 Å². The van der Waals surface area contributed by atoms with Crippen LogP contribution in [-0.4, -0.2) is 7.11 Å². The number of anilines is 1. The molecule has 0 fully saturated rings. The van der Waals surface area contributed by atoms with Gasteiger partial charge in [-0.1, -0.05) is 12.1 Å². The monoisotopic (exact) mass is 369 g/mol. The van der Waals surface area contributed by atoms with Gasteiger partial charge >= 0.3 is 0 Å². The van der Waals surface area contributed by atoms with E-state index in [-0.39, 0.29) is 0 Å². The Balaban J connectivity index is 2.04. The molecular weight excluding hydrogens is 358 g/mol. The number of benzene rings is 2. The Morgan fingerprint density at radius 3 is 2.61 bits per heavy atom. The number of halogens is 2. The van der Waals surface area contributed by atoms with E-state index in [0.717, 1.165) is 26.9 Å². The number of rotatable bonds is 4. The van der Waals surface area contributed by atoms with E-state index in [1.165, 1.54) is 5.56 Å². The van der Waals surface area contributed by atoms with Crippen LogP contribution >= 0.6 is 31.9 Å². The van der Waals surface area contributed by atoms with Crippen molar-refractivity contribution in [2.75, 3.05) is 12.4 Å². The van der Waals surface area contributed by atoms with Crippen LogP contribution in [0.3, 0.4) is 0 Å². The number of methoxy groups -OCH3 is 1. The first-order valence-electron chi connectivity index (χ1n) is 5.51. The quantitative estimate of drug-likeness (QED) is 0.831. The van der Waals surface area contributed by atoms with E-state index in [2.05, 4.69) is 49.3 Å². The Morgan fingerprint density at radius 1 is 1.06 bits per heavy atom. The van der Waals surface area contributed by atoms with Crippen molar-refractivity contribution in [1.82, 2.24) is 0 Å². The molecule has 2 aromatic carbocycles. The largest absolute Gasteiger partial charge is 0.497 e. The maximum Gasteiger partial charge on any atom is 0.120 e. The first-order chi connectivity index (χ1) is 8.69. The first-order valence-corrected chi connectivity index (χ1v) is 7.09. The van der Waals surface area contributed by atoms with Crippen molar-refractivity contribution in [3.05, 3.63) is 57.0 Å². The van der Waals surface area contributed by atoms with Gasteiger partial charge in [-0.2, -0.15) is 0 Å². The third kappa shape index (κ3) is 3.50. The molecule has 0 spiro atoms. The van der Waals surface area contributed by atoms with Gasteiger partial charge in [0.05, 0.1) is 7.11 Å². The maximum atomic E-state index is 5.19. The van der Waals surface area contributed by atoms with E-state index in [9.17, 15) is 0 Å². The first kappa shape index (κ1) is 13.4. The van der Waals surface area contributed by atoms with Gasteiger partial charge in [-0.15, -0.1) is 0 Å². The molecule has 0 aliphatic heterocycles. The summed E-state index contributed by atoms with van der Waals surface area (Å²) in [5.41, 5.74) is 2.27. The normalized spacial score (nSPS) is 10.2. The van der Waals surface area contributed by atoms with Crippen LogP contribution in [0.15, 0.2) is 51.4 Å². The van der Waals surface area contributed by atoms with Crippen molar-refractivity contribution in [1.29, 1.82) is 0 Å². The average Bonchev–Trinajstić information content (AvgIpc) is 2.40. The van der Waals surface area contributed by atoms with Crippen LogP contribution in [0.4, 0.5) is 5.69 Å². The zero-order valence-corrected chi connectivity index (χ0v) is 13.1. The molecule has 0 saturated carbocycles. The molecule has 4 heteroatoms. The molecule has 2 nitrogen and oxygen atoms in total. The van der Waals surface area contributed by atoms with Crippen LogP contribution in [0.1, 0.15) is 5.56 Å². The molecule has 94 valence electrons. The topological polar surface area (TPSA) is 21.3 Å². The Hall–Kier alpha value is -1.000. The highest BCUT2D eigenvalue weighted by Crippen LogP contribution is 2.24. The zero-order valence-electron chi connectivity index (χ0n) is 9.91. The fraction of sp³-hybridized carbons (Fsp3) is 0.143. The molecule has 0 aromatic heterocycles. The summed E-state index contributed by atoms with van der Waals surface area (Å²) in [6.45, 7) is 0.777. The lowest BCUT2D eigenvalue weighted by atomic mass is 10.2. The van der Waals surface area contributed by atoms with Crippen molar-refractivity contribution in [3.63, 3.8) is 0 Å². The summed E-state index contributed by atoms with van der Waals surface area (Å²) in [6, 6.07) is 14.1. The molecule has 0 aliphatic carbocycles. The van der Waals surface area contributed by atoms with Crippen molar-refractivity contribution >= 4 is 37.5 Å². The summed E-state index contributed by atoms with van der Waals surface area (Å²) in [5.74, 6) is 0.858. The lowest BCUT2D eigenvalue weighted by Gasteiger charge is -2.09. The lowest BCUT2D eigenvalue weighted by Crippen LogP contribution is -1.99. The van der Waals surface area contributed by atoms with E-state index in [0.29, 0.717) is 0 Å². The van der Waals surface area contributed by atoms with Gasteiger partial charge in [-0.05, 0) is 61.7 Å². The average molecular weight is 371 g/mol. The minimum absolute atomic E-state index is 0.777. The summed E-state index contributed by atoms with van der Waals surface area (Å²) in [5, 5.41) is 3.37. The van der Waals surface area contributed by atoms with Gasteiger partial charge in [0, 0.05) is 27.2 Å². The fourth-order valence-electron chi connectivity index (χ4n) is 1.59. The SMILES string of the molecule is COc1cccc(NCc2ccc(Br)c(Br)c2)c1. The molecule has 0 saturated heterocycles. The van der Waals surface area contributed by atoms with Crippen LogP contribution in [-0.2, 0) is 6.54 Å².